The fraction of sp³-hybridized carbons (Fsp3) is 0.467. The van der Waals surface area contributed by atoms with Crippen molar-refractivity contribution in [1.82, 2.24) is 19.9 Å². The Bertz CT molecular complexity index is 616. The molecule has 2 bridgehead atoms. The first kappa shape index (κ1) is 12.0. The Morgan fingerprint density at radius 3 is 2.75 bits per heavy atom. The molecular formula is C15H17FN4. The maximum atomic E-state index is 13.3. The smallest absolute Gasteiger partial charge is 0.123 e. The second-order valence-electron chi connectivity index (χ2n) is 5.80. The minimum absolute atomic E-state index is 0.236. The quantitative estimate of drug-likeness (QED) is 0.841. The van der Waals surface area contributed by atoms with Crippen LogP contribution in [0, 0.1) is 11.7 Å². The average molecular weight is 272 g/mol. The predicted octanol–water partition coefficient (Wildman–Crippen LogP) is 2.35. The van der Waals surface area contributed by atoms with E-state index in [9.17, 15) is 4.39 Å². The zero-order chi connectivity index (χ0) is 13.5. The Kier molecular flexibility index (Phi) is 2.80. The maximum absolute atomic E-state index is 13.3. The van der Waals surface area contributed by atoms with Crippen molar-refractivity contribution in [1.29, 1.82) is 0 Å². The molecule has 0 aliphatic carbocycles. The Balaban J connectivity index is 1.62. The van der Waals surface area contributed by atoms with E-state index in [1.54, 1.807) is 6.07 Å². The summed E-state index contributed by atoms with van der Waals surface area (Å²) in [7, 11) is 0. The number of nitrogens with zero attached hydrogens (tertiary/aromatic N) is 4. The van der Waals surface area contributed by atoms with Crippen LogP contribution in [0.5, 0.6) is 0 Å². The first-order chi connectivity index (χ1) is 9.79. The van der Waals surface area contributed by atoms with Gasteiger partial charge in [0.05, 0.1) is 12.2 Å². The summed E-state index contributed by atoms with van der Waals surface area (Å²) < 4.78 is 15.3. The van der Waals surface area contributed by atoms with Crippen LogP contribution in [0.1, 0.15) is 18.9 Å². The Labute approximate surface area is 117 Å². The Morgan fingerprint density at radius 1 is 1.20 bits per heavy atom. The molecule has 5 rings (SSSR count). The summed E-state index contributed by atoms with van der Waals surface area (Å²) in [6.07, 6.45) is 4.46. The molecule has 0 spiro atoms. The van der Waals surface area contributed by atoms with Crippen LogP contribution in [0.3, 0.4) is 0 Å². The van der Waals surface area contributed by atoms with Gasteiger partial charge in [-0.15, -0.1) is 5.10 Å². The van der Waals surface area contributed by atoms with E-state index < -0.39 is 0 Å². The number of benzene rings is 1. The molecule has 0 radical (unpaired) electrons. The molecule has 1 atom stereocenters. The molecule has 20 heavy (non-hydrogen) atoms. The van der Waals surface area contributed by atoms with E-state index in [0.717, 1.165) is 17.8 Å². The summed E-state index contributed by atoms with van der Waals surface area (Å²) in [6, 6.07) is 6.95. The minimum atomic E-state index is -0.236. The van der Waals surface area contributed by atoms with Crippen molar-refractivity contribution >= 4 is 0 Å². The molecule has 3 fully saturated rings. The van der Waals surface area contributed by atoms with Gasteiger partial charge in [-0.25, -0.2) is 9.07 Å². The Hall–Kier alpha value is -1.75. The minimum Gasteiger partial charge on any atom is -0.301 e. The van der Waals surface area contributed by atoms with Crippen molar-refractivity contribution in [2.45, 2.75) is 18.9 Å². The van der Waals surface area contributed by atoms with E-state index in [-0.39, 0.29) is 5.82 Å². The maximum Gasteiger partial charge on any atom is 0.123 e. The fourth-order valence-corrected chi connectivity index (χ4v) is 3.45. The molecule has 0 N–H and O–H groups in total. The zero-order valence-electron chi connectivity index (χ0n) is 11.2. The highest BCUT2D eigenvalue weighted by atomic mass is 19.1. The Morgan fingerprint density at radius 2 is 2.05 bits per heavy atom. The third-order valence-corrected chi connectivity index (χ3v) is 4.59. The number of halogens is 1. The standard InChI is InChI=1S/C15H17FN4/c16-13-3-1-2-12(8-13)14-9-20(18-17-14)15-10-19-6-4-11(15)5-7-19/h1-3,8-9,11,15H,4-7,10H2. The van der Waals surface area contributed by atoms with Gasteiger partial charge in [-0.1, -0.05) is 17.3 Å². The topological polar surface area (TPSA) is 34.0 Å². The highest BCUT2D eigenvalue weighted by Gasteiger charge is 2.35. The second-order valence-corrected chi connectivity index (χ2v) is 5.80. The molecule has 3 aliphatic heterocycles. The van der Waals surface area contributed by atoms with Crippen molar-refractivity contribution in [2.24, 2.45) is 5.92 Å². The van der Waals surface area contributed by atoms with Crippen molar-refractivity contribution in [3.05, 3.63) is 36.3 Å². The third-order valence-electron chi connectivity index (χ3n) is 4.59. The van der Waals surface area contributed by atoms with Gasteiger partial charge in [0.25, 0.3) is 0 Å². The molecular weight excluding hydrogens is 255 g/mol. The zero-order valence-corrected chi connectivity index (χ0v) is 11.2. The van der Waals surface area contributed by atoms with E-state index in [0.29, 0.717) is 12.0 Å². The van der Waals surface area contributed by atoms with Gasteiger partial charge in [-0.05, 0) is 44.0 Å². The highest BCUT2D eigenvalue weighted by molar-refractivity contribution is 5.57. The van der Waals surface area contributed by atoms with Gasteiger partial charge in [0, 0.05) is 12.1 Å². The first-order valence-corrected chi connectivity index (χ1v) is 7.20. The third kappa shape index (κ3) is 2.02. The van der Waals surface area contributed by atoms with E-state index in [2.05, 4.69) is 15.2 Å². The number of hydrogen-bond donors (Lipinski definition) is 0. The molecule has 4 heterocycles. The fourth-order valence-electron chi connectivity index (χ4n) is 3.45. The van der Waals surface area contributed by atoms with E-state index >= 15 is 0 Å². The van der Waals surface area contributed by atoms with Crippen LogP contribution in [-0.2, 0) is 0 Å². The predicted molar refractivity (Wildman–Crippen MR) is 73.6 cm³/mol. The van der Waals surface area contributed by atoms with Gasteiger partial charge < -0.3 is 4.90 Å². The van der Waals surface area contributed by atoms with Crippen molar-refractivity contribution in [3.63, 3.8) is 0 Å². The number of piperidine rings is 3. The van der Waals surface area contributed by atoms with Gasteiger partial charge in [-0.2, -0.15) is 0 Å². The lowest BCUT2D eigenvalue weighted by Crippen LogP contribution is -2.48. The lowest BCUT2D eigenvalue weighted by molar-refractivity contribution is 0.0504. The van der Waals surface area contributed by atoms with Gasteiger partial charge >= 0.3 is 0 Å². The van der Waals surface area contributed by atoms with Gasteiger partial charge in [0.15, 0.2) is 0 Å². The van der Waals surface area contributed by atoms with Crippen molar-refractivity contribution < 1.29 is 4.39 Å². The van der Waals surface area contributed by atoms with Gasteiger partial charge in [0.2, 0.25) is 0 Å². The van der Waals surface area contributed by atoms with Crippen molar-refractivity contribution in [2.75, 3.05) is 19.6 Å². The van der Waals surface area contributed by atoms with Crippen LogP contribution in [0.25, 0.3) is 11.3 Å². The molecule has 3 aliphatic rings. The molecule has 1 unspecified atom stereocenters. The summed E-state index contributed by atoms with van der Waals surface area (Å²) >= 11 is 0. The van der Waals surface area contributed by atoms with E-state index in [1.807, 2.05) is 16.9 Å². The van der Waals surface area contributed by atoms with Crippen LogP contribution >= 0.6 is 0 Å². The van der Waals surface area contributed by atoms with Crippen molar-refractivity contribution in [3.8, 4) is 11.3 Å². The molecule has 5 heteroatoms. The second kappa shape index (κ2) is 4.66. The molecule has 3 saturated heterocycles. The highest BCUT2D eigenvalue weighted by Crippen LogP contribution is 2.35. The van der Waals surface area contributed by atoms with E-state index in [1.165, 1.54) is 38.1 Å². The molecule has 2 aromatic rings. The average Bonchev–Trinajstić information content (AvgIpc) is 2.98. The molecule has 1 aromatic carbocycles. The van der Waals surface area contributed by atoms with Crippen LogP contribution < -0.4 is 0 Å². The number of aromatic nitrogens is 3. The SMILES string of the molecule is Fc1cccc(-c2cn(C3CN4CCC3CC4)nn2)c1. The van der Waals surface area contributed by atoms with Gasteiger partial charge in [0.1, 0.15) is 11.5 Å². The molecule has 0 amide bonds. The number of fused-ring (bicyclic) bond motifs is 3. The number of rotatable bonds is 2. The summed E-state index contributed by atoms with van der Waals surface area (Å²) in [5.74, 6) is 0.474. The lowest BCUT2D eigenvalue weighted by Gasteiger charge is -2.44. The first-order valence-electron chi connectivity index (χ1n) is 7.20. The molecule has 1 aromatic heterocycles. The van der Waals surface area contributed by atoms with Crippen LogP contribution in [-0.4, -0.2) is 39.5 Å². The van der Waals surface area contributed by atoms with Crippen LogP contribution in [0.4, 0.5) is 4.39 Å². The number of hydrogen-bond acceptors (Lipinski definition) is 3. The van der Waals surface area contributed by atoms with Gasteiger partial charge in [-0.3, -0.25) is 0 Å². The summed E-state index contributed by atoms with van der Waals surface area (Å²) in [5, 5.41) is 8.50. The molecule has 0 saturated carbocycles. The molecule has 104 valence electrons. The largest absolute Gasteiger partial charge is 0.301 e. The van der Waals surface area contributed by atoms with Crippen LogP contribution in [0.15, 0.2) is 30.5 Å². The lowest BCUT2D eigenvalue weighted by atomic mass is 9.84. The summed E-state index contributed by atoms with van der Waals surface area (Å²) in [4.78, 5) is 2.49. The normalized spacial score (nSPS) is 28.8. The monoisotopic (exact) mass is 272 g/mol. The summed E-state index contributed by atoms with van der Waals surface area (Å²) in [5.41, 5.74) is 1.54. The van der Waals surface area contributed by atoms with E-state index in [4.69, 9.17) is 0 Å². The molecule has 4 nitrogen and oxygen atoms in total. The van der Waals surface area contributed by atoms with Crippen LogP contribution in [0.2, 0.25) is 0 Å². The summed E-state index contributed by atoms with van der Waals surface area (Å²) in [6.45, 7) is 3.50.